The Morgan fingerprint density at radius 2 is 1.01 bits per heavy atom. The highest BCUT2D eigenvalue weighted by Gasteiger charge is 2.39. The number of ether oxygens (including phenoxy) is 4. The summed E-state index contributed by atoms with van der Waals surface area (Å²) in [6.45, 7) is 2.08. The summed E-state index contributed by atoms with van der Waals surface area (Å²) in [7, 11) is -4.24. The molecule has 6 aromatic rings. The standard InChI is InChI=1S/C50H58N8O10S2/c1-65-25-27-67-43-29-35(39-31-51-47(53-39)41-17-11-23-57(41)49(59)45(55-69(3,61)62)33-13-7-5-8-14-33)19-21-37(43)38-22-20-36(30-44(38)68-28-26-66-2)40-32-52-48(54-40)42-18-12-24-58(42)50(60)46(56-70(4,63)64)34-15-9-6-10-16-34/h5-10,13-16,19-22,29-32,41-42,45-46,55-56H,11-12,17-18,23-28H2,1-4H3,(H,51,53)(H,52,54)/t41-,42-,45+,46+/m0/s1. The molecule has 0 spiro atoms. The summed E-state index contributed by atoms with van der Waals surface area (Å²) in [5, 5.41) is 0. The zero-order valence-electron chi connectivity index (χ0n) is 39.5. The number of hydrogen-bond acceptors (Lipinski definition) is 12. The molecule has 0 unspecified atom stereocenters. The second-order valence-corrected chi connectivity index (χ2v) is 20.9. The molecule has 0 aliphatic carbocycles. The fourth-order valence-electron chi connectivity index (χ4n) is 9.04. The summed E-state index contributed by atoms with van der Waals surface area (Å²) >= 11 is 0. The summed E-state index contributed by atoms with van der Waals surface area (Å²) in [5.41, 5.74) is 5.52. The summed E-state index contributed by atoms with van der Waals surface area (Å²) < 4.78 is 78.2. The van der Waals surface area contributed by atoms with Gasteiger partial charge in [-0.15, -0.1) is 0 Å². The first-order valence-corrected chi connectivity index (χ1v) is 26.8. The predicted molar refractivity (Wildman–Crippen MR) is 263 cm³/mol. The Morgan fingerprint density at radius 3 is 1.39 bits per heavy atom. The topological polar surface area (TPSA) is 227 Å². The highest BCUT2D eigenvalue weighted by atomic mass is 32.2. The molecular formula is C50H58N8O10S2. The van der Waals surface area contributed by atoms with Crippen LogP contribution in [0.3, 0.4) is 0 Å². The third-order valence-electron chi connectivity index (χ3n) is 12.3. The molecule has 2 saturated heterocycles. The minimum Gasteiger partial charge on any atom is -0.491 e. The van der Waals surface area contributed by atoms with E-state index in [0.717, 1.165) is 47.6 Å². The van der Waals surface area contributed by atoms with Crippen LogP contribution in [0.1, 0.15) is 72.6 Å². The van der Waals surface area contributed by atoms with Crippen LogP contribution in [-0.4, -0.2) is 125 Å². The number of sulfonamides is 2. The molecule has 0 bridgehead atoms. The van der Waals surface area contributed by atoms with Crippen LogP contribution in [0, 0.1) is 0 Å². The fraction of sp³-hybridized carbons (Fsp3) is 0.360. The van der Waals surface area contributed by atoms with Gasteiger partial charge in [0, 0.05) is 49.6 Å². The zero-order valence-corrected chi connectivity index (χ0v) is 41.1. The fourth-order valence-corrected chi connectivity index (χ4v) is 10.4. The molecule has 2 aliphatic rings. The Bertz CT molecular complexity index is 2790. The number of imidazole rings is 2. The van der Waals surface area contributed by atoms with Gasteiger partial charge in [0.05, 0.1) is 61.6 Å². The SMILES string of the molecule is COCCOc1cc(-c2cnc([C@@H]3CCCN3C(=O)[C@H](NS(C)(=O)=O)c3ccccc3)[nH]2)ccc1-c1ccc(-c2cnc([C@@H]3CCCN3C(=O)[C@H](NS(C)(=O)=O)c3ccccc3)[nH]2)cc1OCCOC. The van der Waals surface area contributed by atoms with E-state index in [1.54, 1.807) is 84.9 Å². The van der Waals surface area contributed by atoms with Gasteiger partial charge in [-0.3, -0.25) is 9.59 Å². The monoisotopic (exact) mass is 994 g/mol. The number of likely N-dealkylation sites (tertiary alicyclic amines) is 2. The number of nitrogens with zero attached hydrogens (tertiary/aromatic N) is 4. The van der Waals surface area contributed by atoms with Crippen LogP contribution in [-0.2, 0) is 39.1 Å². The molecule has 4 heterocycles. The first kappa shape index (κ1) is 50.0. The van der Waals surface area contributed by atoms with Crippen molar-refractivity contribution in [2.75, 3.05) is 66.2 Å². The number of rotatable bonds is 21. The van der Waals surface area contributed by atoms with E-state index in [1.165, 1.54) is 0 Å². The number of carbonyl (C=O) groups excluding carboxylic acids is 2. The van der Waals surface area contributed by atoms with Gasteiger partial charge in [-0.2, -0.15) is 9.44 Å². The lowest BCUT2D eigenvalue weighted by Crippen LogP contribution is -2.42. The van der Waals surface area contributed by atoms with Crippen LogP contribution in [0.4, 0.5) is 0 Å². The zero-order chi connectivity index (χ0) is 49.4. The first-order chi connectivity index (χ1) is 33.7. The number of amides is 2. The van der Waals surface area contributed by atoms with Gasteiger partial charge in [-0.05, 0) is 61.1 Å². The van der Waals surface area contributed by atoms with E-state index in [4.69, 9.17) is 28.9 Å². The Morgan fingerprint density at radius 1 is 0.614 bits per heavy atom. The Labute approximate surface area is 408 Å². The number of methoxy groups -OCH3 is 2. The third kappa shape index (κ3) is 11.9. The summed E-state index contributed by atoms with van der Waals surface area (Å²) in [6.07, 6.45) is 8.24. The van der Waals surface area contributed by atoms with Crippen LogP contribution >= 0.6 is 0 Å². The number of nitrogens with one attached hydrogen (secondary N) is 4. The molecular weight excluding hydrogens is 937 g/mol. The van der Waals surface area contributed by atoms with Gasteiger partial charge in [0.15, 0.2) is 0 Å². The Balaban J connectivity index is 1.06. The van der Waals surface area contributed by atoms with Gasteiger partial charge >= 0.3 is 0 Å². The molecule has 8 rings (SSSR count). The third-order valence-corrected chi connectivity index (χ3v) is 13.6. The lowest BCUT2D eigenvalue weighted by atomic mass is 9.98. The molecule has 2 aliphatic heterocycles. The minimum absolute atomic E-state index is 0.260. The number of H-pyrrole nitrogens is 2. The summed E-state index contributed by atoms with van der Waals surface area (Å²) in [5.74, 6) is 1.56. The van der Waals surface area contributed by atoms with Crippen molar-refractivity contribution < 1.29 is 45.4 Å². The maximum atomic E-state index is 14.1. The maximum absolute atomic E-state index is 14.1. The molecule has 2 aromatic heterocycles. The van der Waals surface area contributed by atoms with Crippen molar-refractivity contribution in [3.05, 3.63) is 132 Å². The molecule has 70 heavy (non-hydrogen) atoms. The van der Waals surface area contributed by atoms with E-state index in [1.807, 2.05) is 48.5 Å². The smallest absolute Gasteiger partial charge is 0.245 e. The maximum Gasteiger partial charge on any atom is 0.245 e. The van der Waals surface area contributed by atoms with E-state index in [9.17, 15) is 26.4 Å². The van der Waals surface area contributed by atoms with Gasteiger partial charge in [0.25, 0.3) is 0 Å². The average molecular weight is 995 g/mol. The second kappa shape index (κ2) is 22.1. The number of aromatic amines is 2. The number of aromatic nitrogens is 4. The van der Waals surface area contributed by atoms with Crippen LogP contribution in [0.15, 0.2) is 109 Å². The van der Waals surface area contributed by atoms with Gasteiger partial charge in [-0.25, -0.2) is 26.8 Å². The molecule has 2 fully saturated rings. The minimum atomic E-state index is -3.72. The molecule has 20 heteroatoms. The molecule has 0 saturated carbocycles. The van der Waals surface area contributed by atoms with Crippen molar-refractivity contribution in [1.29, 1.82) is 0 Å². The quantitative estimate of drug-likeness (QED) is 0.0601. The van der Waals surface area contributed by atoms with E-state index in [-0.39, 0.29) is 25.0 Å². The number of carbonyl (C=O) groups is 2. The molecule has 4 N–H and O–H groups in total. The molecule has 0 radical (unpaired) electrons. The van der Waals surface area contributed by atoms with E-state index in [2.05, 4.69) is 19.4 Å². The lowest BCUT2D eigenvalue weighted by Gasteiger charge is -2.28. The normalized spacial score (nSPS) is 17.1. The summed E-state index contributed by atoms with van der Waals surface area (Å²) in [6, 6.07) is 26.3. The van der Waals surface area contributed by atoms with Gasteiger partial charge in [0.2, 0.25) is 31.9 Å². The highest BCUT2D eigenvalue weighted by molar-refractivity contribution is 7.89. The lowest BCUT2D eigenvalue weighted by molar-refractivity contribution is -0.135. The largest absolute Gasteiger partial charge is 0.491 e. The van der Waals surface area contributed by atoms with Crippen molar-refractivity contribution in [1.82, 2.24) is 39.2 Å². The van der Waals surface area contributed by atoms with E-state index >= 15 is 0 Å². The number of benzene rings is 4. The molecule has 4 aromatic carbocycles. The Kier molecular flexibility index (Phi) is 15.8. The molecule has 18 nitrogen and oxygen atoms in total. The van der Waals surface area contributed by atoms with Crippen LogP contribution in [0.25, 0.3) is 33.6 Å². The highest BCUT2D eigenvalue weighted by Crippen LogP contribution is 2.42. The van der Waals surface area contributed by atoms with E-state index < -0.39 is 44.2 Å². The van der Waals surface area contributed by atoms with Crippen LogP contribution in [0.5, 0.6) is 11.5 Å². The van der Waals surface area contributed by atoms with Crippen LogP contribution < -0.4 is 18.9 Å². The van der Waals surface area contributed by atoms with Crippen molar-refractivity contribution in [2.24, 2.45) is 0 Å². The van der Waals surface area contributed by atoms with Gasteiger partial charge in [-0.1, -0.05) is 72.8 Å². The average Bonchev–Trinajstić information content (AvgIpc) is 4.20. The summed E-state index contributed by atoms with van der Waals surface area (Å²) in [4.78, 5) is 47.9. The first-order valence-electron chi connectivity index (χ1n) is 23.0. The van der Waals surface area contributed by atoms with Crippen molar-refractivity contribution in [3.63, 3.8) is 0 Å². The van der Waals surface area contributed by atoms with Crippen molar-refractivity contribution >= 4 is 31.9 Å². The van der Waals surface area contributed by atoms with Gasteiger partial charge in [0.1, 0.15) is 48.4 Å². The van der Waals surface area contributed by atoms with Crippen molar-refractivity contribution in [3.8, 4) is 45.1 Å². The molecule has 370 valence electrons. The second-order valence-electron chi connectivity index (χ2n) is 17.3. The predicted octanol–water partition coefficient (Wildman–Crippen LogP) is 6.09. The number of hydrogen-bond donors (Lipinski definition) is 4. The molecule has 4 atom stereocenters. The molecule has 2 amide bonds. The van der Waals surface area contributed by atoms with Crippen LogP contribution in [0.2, 0.25) is 0 Å². The van der Waals surface area contributed by atoms with E-state index in [0.29, 0.717) is 84.8 Å². The van der Waals surface area contributed by atoms with Gasteiger partial charge < -0.3 is 38.7 Å². The van der Waals surface area contributed by atoms with Crippen molar-refractivity contribution in [2.45, 2.75) is 49.9 Å². The Hall–Kier alpha value is -6.42.